The van der Waals surface area contributed by atoms with Gasteiger partial charge >= 0.3 is 0 Å². The summed E-state index contributed by atoms with van der Waals surface area (Å²) < 4.78 is 10.4. The molecule has 0 unspecified atom stereocenters. The molecular formula is C13H14ClNO2S2. The summed E-state index contributed by atoms with van der Waals surface area (Å²) in [5.74, 6) is 0.826. The summed E-state index contributed by atoms with van der Waals surface area (Å²) in [7, 11) is 3.21. The predicted molar refractivity (Wildman–Crippen MR) is 79.9 cm³/mol. The minimum absolute atomic E-state index is 0.384. The minimum Gasteiger partial charge on any atom is -0.350 e. The third-order valence-electron chi connectivity index (χ3n) is 2.42. The minimum atomic E-state index is -0.384. The normalized spacial score (nSPS) is 11.2. The molecule has 1 aromatic heterocycles. The fraction of sp³-hybridized carbons (Fsp3) is 0.308. The molecule has 2 aromatic rings. The molecule has 0 radical (unpaired) electrons. The van der Waals surface area contributed by atoms with Crippen LogP contribution in [0.25, 0.3) is 0 Å². The summed E-state index contributed by atoms with van der Waals surface area (Å²) in [4.78, 5) is 5.68. The maximum atomic E-state index is 5.85. The summed E-state index contributed by atoms with van der Waals surface area (Å²) in [6.45, 7) is 0. The van der Waals surface area contributed by atoms with Gasteiger partial charge in [-0.05, 0) is 24.3 Å². The van der Waals surface area contributed by atoms with Crippen molar-refractivity contribution < 1.29 is 9.47 Å². The molecule has 0 fully saturated rings. The van der Waals surface area contributed by atoms with Gasteiger partial charge in [-0.1, -0.05) is 11.6 Å². The second-order valence-corrected chi connectivity index (χ2v) is 6.14. The Morgan fingerprint density at radius 3 is 2.58 bits per heavy atom. The maximum Gasteiger partial charge on any atom is 0.201 e. The van der Waals surface area contributed by atoms with Gasteiger partial charge in [0.05, 0.1) is 5.75 Å². The molecule has 19 heavy (non-hydrogen) atoms. The van der Waals surface area contributed by atoms with Crippen LogP contribution in [-0.4, -0.2) is 19.2 Å². The monoisotopic (exact) mass is 315 g/mol. The van der Waals surface area contributed by atoms with Crippen molar-refractivity contribution in [2.24, 2.45) is 0 Å². The van der Waals surface area contributed by atoms with E-state index in [9.17, 15) is 0 Å². The van der Waals surface area contributed by atoms with Gasteiger partial charge < -0.3 is 9.47 Å². The van der Waals surface area contributed by atoms with Crippen molar-refractivity contribution in [3.8, 4) is 0 Å². The quantitative estimate of drug-likeness (QED) is 0.585. The zero-order valence-corrected chi connectivity index (χ0v) is 13.0. The molecule has 0 N–H and O–H groups in total. The zero-order chi connectivity index (χ0) is 13.7. The molecule has 0 bridgehead atoms. The van der Waals surface area contributed by atoms with Crippen molar-refractivity contribution >= 4 is 34.7 Å². The average Bonchev–Trinajstić information content (AvgIpc) is 2.88. The van der Waals surface area contributed by atoms with E-state index in [-0.39, 0.29) is 6.29 Å². The highest BCUT2D eigenvalue weighted by Gasteiger charge is 2.13. The first-order valence-electron chi connectivity index (χ1n) is 5.61. The van der Waals surface area contributed by atoms with Gasteiger partial charge in [0.25, 0.3) is 0 Å². The number of methoxy groups -OCH3 is 2. The predicted octanol–water partition coefficient (Wildman–Crippen LogP) is 4.38. The number of nitrogens with zero attached hydrogens (tertiary/aromatic N) is 1. The number of aromatic nitrogens is 1. The van der Waals surface area contributed by atoms with Crippen LogP contribution in [0.3, 0.4) is 0 Å². The fourth-order valence-corrected chi connectivity index (χ4v) is 3.35. The third kappa shape index (κ3) is 4.19. The highest BCUT2D eigenvalue weighted by molar-refractivity contribution is 7.98. The molecule has 3 nitrogen and oxygen atoms in total. The largest absolute Gasteiger partial charge is 0.350 e. The SMILES string of the molecule is COC(OC)c1csc(CSc2ccc(Cl)cc2)n1. The van der Waals surface area contributed by atoms with Gasteiger partial charge in [0, 0.05) is 29.5 Å². The van der Waals surface area contributed by atoms with Gasteiger partial charge in [-0.2, -0.15) is 0 Å². The number of thioether (sulfide) groups is 1. The molecule has 1 heterocycles. The Kier molecular flexibility index (Phi) is 5.66. The van der Waals surface area contributed by atoms with Gasteiger partial charge in [0.2, 0.25) is 6.29 Å². The van der Waals surface area contributed by atoms with Crippen molar-refractivity contribution in [1.82, 2.24) is 4.98 Å². The zero-order valence-electron chi connectivity index (χ0n) is 10.6. The van der Waals surface area contributed by atoms with Crippen LogP contribution in [0.2, 0.25) is 5.02 Å². The molecule has 0 aliphatic rings. The average molecular weight is 316 g/mol. The van der Waals surface area contributed by atoms with E-state index in [4.69, 9.17) is 21.1 Å². The van der Waals surface area contributed by atoms with E-state index in [2.05, 4.69) is 4.98 Å². The van der Waals surface area contributed by atoms with Crippen LogP contribution in [0, 0.1) is 0 Å². The van der Waals surface area contributed by atoms with Crippen LogP contribution in [-0.2, 0) is 15.2 Å². The molecular weight excluding hydrogens is 302 g/mol. The lowest BCUT2D eigenvalue weighted by Gasteiger charge is -2.09. The molecule has 0 amide bonds. The molecule has 2 rings (SSSR count). The van der Waals surface area contributed by atoms with Crippen LogP contribution in [0.5, 0.6) is 0 Å². The summed E-state index contributed by atoms with van der Waals surface area (Å²) in [5.41, 5.74) is 0.821. The first-order chi connectivity index (χ1) is 9.22. The fourth-order valence-electron chi connectivity index (χ4n) is 1.51. The van der Waals surface area contributed by atoms with Gasteiger partial charge in [-0.3, -0.25) is 0 Å². The number of rotatable bonds is 6. The van der Waals surface area contributed by atoms with Crippen LogP contribution >= 0.6 is 34.7 Å². The van der Waals surface area contributed by atoms with Crippen molar-refractivity contribution in [1.29, 1.82) is 0 Å². The lowest BCUT2D eigenvalue weighted by molar-refractivity contribution is -0.108. The van der Waals surface area contributed by atoms with Gasteiger partial charge in [-0.25, -0.2) is 4.98 Å². The number of hydrogen-bond donors (Lipinski definition) is 0. The lowest BCUT2D eigenvalue weighted by atomic mass is 10.4. The Balaban J connectivity index is 1.95. The van der Waals surface area contributed by atoms with E-state index in [0.717, 1.165) is 21.5 Å². The van der Waals surface area contributed by atoms with Crippen molar-refractivity contribution in [2.75, 3.05) is 14.2 Å². The van der Waals surface area contributed by atoms with Crippen molar-refractivity contribution in [2.45, 2.75) is 16.9 Å². The Bertz CT molecular complexity index is 512. The summed E-state index contributed by atoms with van der Waals surface area (Å²) >= 11 is 9.19. The Morgan fingerprint density at radius 1 is 1.26 bits per heavy atom. The second kappa shape index (κ2) is 7.26. The molecule has 1 aromatic carbocycles. The van der Waals surface area contributed by atoms with Gasteiger partial charge in [0.1, 0.15) is 10.7 Å². The second-order valence-electron chi connectivity index (χ2n) is 3.71. The summed E-state index contributed by atoms with van der Waals surface area (Å²) in [6.07, 6.45) is -0.384. The highest BCUT2D eigenvalue weighted by atomic mass is 35.5. The van der Waals surface area contributed by atoms with Crippen LogP contribution < -0.4 is 0 Å². The number of halogens is 1. The first-order valence-corrected chi connectivity index (χ1v) is 7.85. The van der Waals surface area contributed by atoms with E-state index in [1.165, 1.54) is 4.90 Å². The van der Waals surface area contributed by atoms with Crippen LogP contribution in [0.4, 0.5) is 0 Å². The van der Waals surface area contributed by atoms with Gasteiger partial charge in [0.15, 0.2) is 0 Å². The Labute approximate surface area is 125 Å². The molecule has 6 heteroatoms. The Hall–Kier alpha value is -0.590. The van der Waals surface area contributed by atoms with Crippen LogP contribution in [0.15, 0.2) is 34.5 Å². The number of hydrogen-bond acceptors (Lipinski definition) is 5. The smallest absolute Gasteiger partial charge is 0.201 e. The molecule has 0 aliphatic carbocycles. The lowest BCUT2D eigenvalue weighted by Crippen LogP contribution is -2.03. The van der Waals surface area contributed by atoms with Crippen molar-refractivity contribution in [3.63, 3.8) is 0 Å². The first kappa shape index (κ1) is 14.8. The van der Waals surface area contributed by atoms with Gasteiger partial charge in [-0.15, -0.1) is 23.1 Å². The third-order valence-corrected chi connectivity index (χ3v) is 4.74. The summed E-state index contributed by atoms with van der Waals surface area (Å²) in [6, 6.07) is 7.80. The number of thiazole rings is 1. The van der Waals surface area contributed by atoms with Crippen molar-refractivity contribution in [3.05, 3.63) is 45.4 Å². The molecule has 0 spiro atoms. The van der Waals surface area contributed by atoms with E-state index in [0.29, 0.717) is 0 Å². The summed E-state index contributed by atoms with van der Waals surface area (Å²) in [5, 5.41) is 3.77. The molecule has 0 aliphatic heterocycles. The molecule has 0 atom stereocenters. The molecule has 102 valence electrons. The Morgan fingerprint density at radius 2 is 1.95 bits per heavy atom. The maximum absolute atomic E-state index is 5.85. The topological polar surface area (TPSA) is 31.4 Å². The van der Waals surface area contributed by atoms with E-state index in [1.807, 2.05) is 29.6 Å². The molecule has 0 saturated heterocycles. The van der Waals surface area contributed by atoms with E-state index < -0.39 is 0 Å². The van der Waals surface area contributed by atoms with E-state index >= 15 is 0 Å². The van der Waals surface area contributed by atoms with Crippen LogP contribution in [0.1, 0.15) is 17.0 Å². The molecule has 0 saturated carbocycles. The number of benzene rings is 1. The highest BCUT2D eigenvalue weighted by Crippen LogP contribution is 2.27. The van der Waals surface area contributed by atoms with E-state index in [1.54, 1.807) is 37.3 Å². The number of ether oxygens (including phenoxy) is 2. The standard InChI is InChI=1S/C13H14ClNO2S2/c1-16-13(17-2)11-7-19-12(15-11)8-18-10-5-3-9(14)4-6-10/h3-7,13H,8H2,1-2H3.